The van der Waals surface area contributed by atoms with Crippen LogP contribution in [0.5, 0.6) is 0 Å². The quantitative estimate of drug-likeness (QED) is 0.477. The van der Waals surface area contributed by atoms with Crippen molar-refractivity contribution in [3.8, 4) is 11.5 Å². The SMILES string of the molecule is Cc1ccc(-c2nc(N)nc3c2ncc(=O)n3CCN2CCN(c3ccc(F)cc3F)CC2)o1. The Morgan fingerprint density at radius 2 is 1.85 bits per heavy atom. The molecule has 34 heavy (non-hydrogen) atoms. The Balaban J connectivity index is 1.34. The molecule has 0 spiro atoms. The highest BCUT2D eigenvalue weighted by atomic mass is 19.1. The Hall–Kier alpha value is -3.86. The zero-order valence-corrected chi connectivity index (χ0v) is 18.5. The predicted octanol–water partition coefficient (Wildman–Crippen LogP) is 2.44. The van der Waals surface area contributed by atoms with Crippen LogP contribution >= 0.6 is 0 Å². The van der Waals surface area contributed by atoms with Crippen LogP contribution < -0.4 is 16.2 Å². The van der Waals surface area contributed by atoms with Crippen LogP contribution in [-0.2, 0) is 6.54 Å². The molecule has 176 valence electrons. The summed E-state index contributed by atoms with van der Waals surface area (Å²) in [7, 11) is 0. The summed E-state index contributed by atoms with van der Waals surface area (Å²) >= 11 is 0. The summed E-state index contributed by atoms with van der Waals surface area (Å²) in [6.45, 7) is 5.29. The lowest BCUT2D eigenvalue weighted by Gasteiger charge is -2.36. The minimum atomic E-state index is -0.593. The third kappa shape index (κ3) is 4.21. The van der Waals surface area contributed by atoms with Gasteiger partial charge in [0, 0.05) is 45.3 Å². The molecule has 1 aromatic carbocycles. The normalized spacial score (nSPS) is 14.7. The van der Waals surface area contributed by atoms with E-state index in [1.54, 1.807) is 6.07 Å². The molecule has 4 aromatic rings. The van der Waals surface area contributed by atoms with Gasteiger partial charge in [0.2, 0.25) is 5.95 Å². The first kappa shape index (κ1) is 22.0. The number of halogens is 2. The molecule has 2 N–H and O–H groups in total. The summed E-state index contributed by atoms with van der Waals surface area (Å²) in [6, 6.07) is 7.21. The van der Waals surface area contributed by atoms with Gasteiger partial charge in [-0.25, -0.2) is 18.7 Å². The van der Waals surface area contributed by atoms with Gasteiger partial charge in [-0.15, -0.1) is 0 Å². The van der Waals surface area contributed by atoms with Crippen LogP contribution in [-0.4, -0.2) is 57.1 Å². The highest BCUT2D eigenvalue weighted by molar-refractivity contribution is 5.86. The third-order valence-corrected chi connectivity index (χ3v) is 5.94. The second-order valence-corrected chi connectivity index (χ2v) is 8.19. The van der Waals surface area contributed by atoms with E-state index in [2.05, 4.69) is 19.9 Å². The van der Waals surface area contributed by atoms with E-state index in [1.807, 2.05) is 17.9 Å². The molecule has 0 aliphatic carbocycles. The van der Waals surface area contributed by atoms with Crippen LogP contribution in [0.4, 0.5) is 20.4 Å². The van der Waals surface area contributed by atoms with E-state index < -0.39 is 11.6 Å². The van der Waals surface area contributed by atoms with Crippen molar-refractivity contribution < 1.29 is 13.2 Å². The fraction of sp³-hybridized carbons (Fsp3) is 0.304. The molecule has 1 fully saturated rings. The standard InChI is InChI=1S/C23H23F2N7O2/c1-14-2-5-18(34-14)20-21-22(29-23(26)28-20)32(19(33)13-27-21)11-8-30-6-9-31(10-7-30)17-4-3-15(24)12-16(17)25/h2-5,12-13H,6-11H2,1H3,(H2,26,28,29). The molecule has 1 aliphatic heterocycles. The average Bonchev–Trinajstić information content (AvgIpc) is 3.24. The molecule has 1 aliphatic rings. The van der Waals surface area contributed by atoms with Gasteiger partial charge in [-0.05, 0) is 31.2 Å². The molecule has 0 unspecified atom stereocenters. The number of piperazine rings is 1. The van der Waals surface area contributed by atoms with Gasteiger partial charge in [-0.2, -0.15) is 4.98 Å². The topological polar surface area (TPSA) is 106 Å². The smallest absolute Gasteiger partial charge is 0.270 e. The van der Waals surface area contributed by atoms with E-state index >= 15 is 0 Å². The number of anilines is 2. The predicted molar refractivity (Wildman–Crippen MR) is 123 cm³/mol. The Morgan fingerprint density at radius 1 is 1.06 bits per heavy atom. The lowest BCUT2D eigenvalue weighted by molar-refractivity contribution is 0.247. The minimum absolute atomic E-state index is 0.0210. The van der Waals surface area contributed by atoms with Crippen LogP contribution in [0.1, 0.15) is 5.76 Å². The first-order valence-corrected chi connectivity index (χ1v) is 10.9. The maximum atomic E-state index is 14.1. The Kier molecular flexibility index (Phi) is 5.70. The number of aryl methyl sites for hydroxylation is 1. The van der Waals surface area contributed by atoms with E-state index in [1.165, 1.54) is 22.9 Å². The molecule has 9 nitrogen and oxygen atoms in total. The number of nitrogens with two attached hydrogens (primary N) is 1. The van der Waals surface area contributed by atoms with Crippen molar-refractivity contribution in [2.75, 3.05) is 43.4 Å². The third-order valence-electron chi connectivity index (χ3n) is 5.94. The van der Waals surface area contributed by atoms with Gasteiger partial charge in [-0.1, -0.05) is 0 Å². The first-order chi connectivity index (χ1) is 16.4. The molecule has 0 bridgehead atoms. The van der Waals surface area contributed by atoms with E-state index in [0.717, 1.165) is 6.07 Å². The van der Waals surface area contributed by atoms with Crippen molar-refractivity contribution in [2.45, 2.75) is 13.5 Å². The molecular weight excluding hydrogens is 444 g/mol. The van der Waals surface area contributed by atoms with Crippen molar-refractivity contribution in [2.24, 2.45) is 0 Å². The number of nitrogens with zero attached hydrogens (tertiary/aromatic N) is 6. The molecule has 5 rings (SSSR count). The molecule has 0 radical (unpaired) electrons. The number of hydrogen-bond donors (Lipinski definition) is 1. The highest BCUT2D eigenvalue weighted by Crippen LogP contribution is 2.26. The van der Waals surface area contributed by atoms with Crippen molar-refractivity contribution in [1.82, 2.24) is 24.4 Å². The second kappa shape index (κ2) is 8.82. The molecule has 3 aromatic heterocycles. The molecule has 1 saturated heterocycles. The molecule has 0 atom stereocenters. The monoisotopic (exact) mass is 467 g/mol. The van der Waals surface area contributed by atoms with Crippen LogP contribution in [0.3, 0.4) is 0 Å². The number of nitrogen functional groups attached to an aromatic ring is 1. The fourth-order valence-corrected chi connectivity index (χ4v) is 4.20. The number of benzene rings is 1. The van der Waals surface area contributed by atoms with E-state index in [-0.39, 0.29) is 11.5 Å². The van der Waals surface area contributed by atoms with Crippen LogP contribution in [0.25, 0.3) is 22.6 Å². The number of fused-ring (bicyclic) bond motifs is 1. The largest absolute Gasteiger partial charge is 0.460 e. The van der Waals surface area contributed by atoms with Gasteiger partial charge in [0.1, 0.15) is 28.6 Å². The number of hydrogen-bond acceptors (Lipinski definition) is 8. The van der Waals surface area contributed by atoms with Crippen LogP contribution in [0, 0.1) is 18.6 Å². The number of furan rings is 1. The first-order valence-electron chi connectivity index (χ1n) is 10.9. The lowest BCUT2D eigenvalue weighted by atomic mass is 10.2. The van der Waals surface area contributed by atoms with Crippen molar-refractivity contribution >= 4 is 22.8 Å². The summed E-state index contributed by atoms with van der Waals surface area (Å²) in [5.41, 5.74) is 7.25. The van der Waals surface area contributed by atoms with Gasteiger partial charge in [0.15, 0.2) is 11.4 Å². The van der Waals surface area contributed by atoms with Crippen LogP contribution in [0.2, 0.25) is 0 Å². The van der Waals surface area contributed by atoms with Crippen molar-refractivity contribution in [3.05, 3.63) is 64.3 Å². The molecule has 0 amide bonds. The molecular formula is C23H23F2N7O2. The summed E-state index contributed by atoms with van der Waals surface area (Å²) < 4.78 is 34.5. The van der Waals surface area contributed by atoms with Gasteiger partial charge in [-0.3, -0.25) is 14.3 Å². The van der Waals surface area contributed by atoms with E-state index in [4.69, 9.17) is 10.2 Å². The Morgan fingerprint density at radius 3 is 2.56 bits per heavy atom. The summed E-state index contributed by atoms with van der Waals surface area (Å²) in [6.07, 6.45) is 1.25. The lowest BCUT2D eigenvalue weighted by Crippen LogP contribution is -2.47. The zero-order chi connectivity index (χ0) is 23.8. The molecule has 4 heterocycles. The van der Waals surface area contributed by atoms with Gasteiger partial charge in [0.25, 0.3) is 5.56 Å². The van der Waals surface area contributed by atoms with E-state index in [0.29, 0.717) is 73.3 Å². The Bertz CT molecular complexity index is 1410. The number of aromatic nitrogens is 4. The van der Waals surface area contributed by atoms with E-state index in [9.17, 15) is 13.6 Å². The van der Waals surface area contributed by atoms with Crippen LogP contribution in [0.15, 0.2) is 45.7 Å². The summed E-state index contributed by atoms with van der Waals surface area (Å²) in [5.74, 6) is 0.0761. The average molecular weight is 467 g/mol. The fourth-order valence-electron chi connectivity index (χ4n) is 4.20. The maximum Gasteiger partial charge on any atom is 0.270 e. The maximum absolute atomic E-state index is 14.1. The molecule has 11 heteroatoms. The zero-order valence-electron chi connectivity index (χ0n) is 18.5. The summed E-state index contributed by atoms with van der Waals surface area (Å²) in [4.78, 5) is 29.6. The summed E-state index contributed by atoms with van der Waals surface area (Å²) in [5, 5.41) is 0. The minimum Gasteiger partial charge on any atom is -0.460 e. The second-order valence-electron chi connectivity index (χ2n) is 8.19. The Labute approximate surface area is 193 Å². The molecule has 0 saturated carbocycles. The van der Waals surface area contributed by atoms with Crippen molar-refractivity contribution in [3.63, 3.8) is 0 Å². The number of rotatable bonds is 5. The van der Waals surface area contributed by atoms with Crippen molar-refractivity contribution in [1.29, 1.82) is 0 Å². The van der Waals surface area contributed by atoms with Gasteiger partial charge in [0.05, 0.1) is 11.9 Å². The highest BCUT2D eigenvalue weighted by Gasteiger charge is 2.21. The van der Waals surface area contributed by atoms with Gasteiger partial charge < -0.3 is 15.1 Å². The van der Waals surface area contributed by atoms with Gasteiger partial charge >= 0.3 is 0 Å².